The molecule has 2 aromatic rings. The highest BCUT2D eigenvalue weighted by atomic mass is 79.9. The maximum absolute atomic E-state index is 11.5. The van der Waals surface area contributed by atoms with Crippen molar-refractivity contribution in [2.24, 2.45) is 0 Å². The minimum Gasteiger partial charge on any atom is -0.423 e. The molecule has 0 radical (unpaired) electrons. The topological polar surface area (TPSA) is 26.3 Å². The summed E-state index contributed by atoms with van der Waals surface area (Å²) in [5.74, 6) is 0.141. The third kappa shape index (κ3) is 7.47. The van der Waals surface area contributed by atoms with E-state index >= 15 is 0 Å². The van der Waals surface area contributed by atoms with E-state index in [0.29, 0.717) is 5.75 Å². The molecule has 2 rings (SSSR count). The highest BCUT2D eigenvalue weighted by Crippen LogP contribution is 2.16. The lowest BCUT2D eigenvalue weighted by Crippen LogP contribution is -2.03. The van der Waals surface area contributed by atoms with Gasteiger partial charge >= 0.3 is 5.97 Å². The molecule has 0 unspecified atom stereocenters. The number of esters is 1. The molecule has 112 valence electrons. The normalized spacial score (nSPS) is 9.29. The summed E-state index contributed by atoms with van der Waals surface area (Å²) in [6, 6.07) is 16.7. The number of rotatable bonds is 3. The van der Waals surface area contributed by atoms with Gasteiger partial charge in [0.2, 0.25) is 0 Å². The second-order valence-corrected chi connectivity index (χ2v) is 4.53. The smallest absolute Gasteiger partial charge is 0.336 e. The van der Waals surface area contributed by atoms with E-state index in [9.17, 15) is 4.79 Å². The molecule has 21 heavy (non-hydrogen) atoms. The first-order valence-electron chi connectivity index (χ1n) is 6.44. The van der Waals surface area contributed by atoms with E-state index in [1.165, 1.54) is 6.08 Å². The molecule has 0 fully saturated rings. The van der Waals surface area contributed by atoms with Crippen LogP contribution in [0.1, 0.15) is 26.8 Å². The molecule has 0 atom stereocenters. The van der Waals surface area contributed by atoms with E-state index in [1.54, 1.807) is 18.2 Å². The first-order valence-corrected chi connectivity index (χ1v) is 7.24. The van der Waals surface area contributed by atoms with Gasteiger partial charge in [-0.25, -0.2) is 4.79 Å². The van der Waals surface area contributed by atoms with Crippen molar-refractivity contribution in [3.63, 3.8) is 0 Å². The zero-order chi connectivity index (χ0) is 14.8. The van der Waals surface area contributed by atoms with Crippen molar-refractivity contribution in [2.45, 2.75) is 21.3 Å². The minimum atomic E-state index is -0.388. The minimum absolute atomic E-state index is 0. The monoisotopic (exact) mass is 348 g/mol. The van der Waals surface area contributed by atoms with Crippen LogP contribution in [0.25, 0.3) is 6.08 Å². The summed E-state index contributed by atoms with van der Waals surface area (Å²) in [6.07, 6.45) is 3.14. The van der Waals surface area contributed by atoms with Crippen LogP contribution < -0.4 is 4.74 Å². The summed E-state index contributed by atoms with van der Waals surface area (Å²) < 4.78 is 6.09. The highest BCUT2D eigenvalue weighted by Gasteiger charge is 1.99. The van der Waals surface area contributed by atoms with Crippen LogP contribution in [0.3, 0.4) is 0 Å². The van der Waals surface area contributed by atoms with E-state index in [1.807, 2.05) is 56.3 Å². The Bertz CT molecular complexity index is 545. The zero-order valence-electron chi connectivity index (χ0n) is 11.5. The van der Waals surface area contributed by atoms with E-state index in [2.05, 4.69) is 15.9 Å². The molecule has 0 aliphatic rings. The average molecular weight is 349 g/mol. The first kappa shape index (κ1) is 19.1. The van der Waals surface area contributed by atoms with Gasteiger partial charge in [0.1, 0.15) is 5.75 Å². The van der Waals surface area contributed by atoms with Crippen LogP contribution in [0.4, 0.5) is 0 Å². The molecular weight excluding hydrogens is 328 g/mol. The fraction of sp³-hybridized carbons (Fsp3) is 0.167. The molecular formula is C18H21BrO2. The van der Waals surface area contributed by atoms with Gasteiger partial charge in [-0.05, 0) is 35.9 Å². The number of hydrogen-bond acceptors (Lipinski definition) is 2. The van der Waals surface area contributed by atoms with Crippen LogP contribution in [-0.4, -0.2) is 5.97 Å². The van der Waals surface area contributed by atoms with Crippen molar-refractivity contribution >= 4 is 28.0 Å². The van der Waals surface area contributed by atoms with Crippen molar-refractivity contribution in [1.82, 2.24) is 0 Å². The molecule has 0 heterocycles. The van der Waals surface area contributed by atoms with E-state index in [0.717, 1.165) is 10.0 Å². The summed E-state index contributed by atoms with van der Waals surface area (Å²) in [7, 11) is 0. The number of carbonyl (C=O) groups excluding carboxylic acids is 1. The van der Waals surface area contributed by atoms with Gasteiger partial charge in [-0.15, -0.1) is 0 Å². The summed E-state index contributed by atoms with van der Waals surface area (Å²) in [4.78, 5) is 11.5. The summed E-state index contributed by atoms with van der Waals surface area (Å²) in [6.45, 7) is 4.00. The fourth-order valence-electron chi connectivity index (χ4n) is 1.38. The Morgan fingerprint density at radius 2 is 1.57 bits per heavy atom. The summed E-state index contributed by atoms with van der Waals surface area (Å²) >= 11 is 3.32. The molecule has 0 amide bonds. The first-order chi connectivity index (χ1) is 9.74. The van der Waals surface area contributed by atoms with Crippen LogP contribution in [-0.2, 0) is 4.79 Å². The second kappa shape index (κ2) is 10.9. The van der Waals surface area contributed by atoms with E-state index in [-0.39, 0.29) is 13.4 Å². The Labute approximate surface area is 135 Å². The Balaban J connectivity index is 0.00000128. The van der Waals surface area contributed by atoms with Crippen molar-refractivity contribution < 1.29 is 9.53 Å². The summed E-state index contributed by atoms with van der Waals surface area (Å²) in [5.41, 5.74) is 0.963. The van der Waals surface area contributed by atoms with Crippen LogP contribution in [0.15, 0.2) is 65.1 Å². The summed E-state index contributed by atoms with van der Waals surface area (Å²) in [5, 5.41) is 0. The van der Waals surface area contributed by atoms with Gasteiger partial charge in [-0.2, -0.15) is 0 Å². The number of hydrogen-bond donors (Lipinski definition) is 0. The zero-order valence-corrected chi connectivity index (χ0v) is 13.1. The number of ether oxygens (including phenoxy) is 1. The quantitative estimate of drug-likeness (QED) is 0.402. The molecule has 0 aliphatic carbocycles. The maximum Gasteiger partial charge on any atom is 0.336 e. The van der Waals surface area contributed by atoms with Gasteiger partial charge in [0.15, 0.2) is 0 Å². The van der Waals surface area contributed by atoms with Gasteiger partial charge in [0.25, 0.3) is 0 Å². The van der Waals surface area contributed by atoms with Crippen molar-refractivity contribution in [3.8, 4) is 5.75 Å². The Hall–Kier alpha value is -1.87. The highest BCUT2D eigenvalue weighted by molar-refractivity contribution is 9.10. The van der Waals surface area contributed by atoms with Crippen LogP contribution in [0.2, 0.25) is 0 Å². The van der Waals surface area contributed by atoms with Gasteiger partial charge in [0, 0.05) is 10.5 Å². The lowest BCUT2D eigenvalue weighted by Gasteiger charge is -2.00. The average Bonchev–Trinajstić information content (AvgIpc) is 2.51. The molecule has 0 aromatic heterocycles. The van der Waals surface area contributed by atoms with Crippen LogP contribution in [0.5, 0.6) is 5.75 Å². The molecule has 3 heteroatoms. The van der Waals surface area contributed by atoms with Crippen LogP contribution >= 0.6 is 15.9 Å². The van der Waals surface area contributed by atoms with Crippen molar-refractivity contribution in [3.05, 3.63) is 70.7 Å². The molecule has 0 N–H and O–H groups in total. The van der Waals surface area contributed by atoms with Gasteiger partial charge in [-0.1, -0.05) is 67.5 Å². The molecule has 0 bridgehead atoms. The molecule has 2 aromatic carbocycles. The second-order valence-electron chi connectivity index (χ2n) is 3.62. The Morgan fingerprint density at radius 1 is 1.00 bits per heavy atom. The van der Waals surface area contributed by atoms with Gasteiger partial charge in [0.05, 0.1) is 0 Å². The molecule has 0 saturated heterocycles. The SMILES string of the molecule is C.CC.O=C(/C=C/c1ccccc1)Oc1ccc(Br)cc1. The maximum atomic E-state index is 11.5. The van der Waals surface area contributed by atoms with Crippen LogP contribution in [0, 0.1) is 0 Å². The van der Waals surface area contributed by atoms with Crippen molar-refractivity contribution in [2.75, 3.05) is 0 Å². The largest absolute Gasteiger partial charge is 0.423 e. The van der Waals surface area contributed by atoms with E-state index in [4.69, 9.17) is 4.74 Å². The van der Waals surface area contributed by atoms with E-state index < -0.39 is 0 Å². The Morgan fingerprint density at radius 3 is 2.14 bits per heavy atom. The standard InChI is InChI=1S/C15H11BrO2.C2H6.CH4/c16-13-7-9-14(10-8-13)18-15(17)11-6-12-4-2-1-3-5-12;1-2;/h1-11H;1-2H3;1H4/b11-6+;;. The molecule has 0 aliphatic heterocycles. The lowest BCUT2D eigenvalue weighted by molar-refractivity contribution is -0.128. The number of benzene rings is 2. The lowest BCUT2D eigenvalue weighted by atomic mass is 10.2. The molecule has 0 spiro atoms. The van der Waals surface area contributed by atoms with Crippen molar-refractivity contribution in [1.29, 1.82) is 0 Å². The third-order valence-electron chi connectivity index (χ3n) is 2.24. The predicted octanol–water partition coefficient (Wildman–Crippen LogP) is 5.73. The third-order valence-corrected chi connectivity index (χ3v) is 2.77. The molecule has 0 saturated carbocycles. The predicted molar refractivity (Wildman–Crippen MR) is 93.3 cm³/mol. The number of carbonyl (C=O) groups is 1. The number of halogens is 1. The fourth-order valence-corrected chi connectivity index (χ4v) is 1.65. The van der Waals surface area contributed by atoms with Gasteiger partial charge in [-0.3, -0.25) is 0 Å². The molecule has 2 nitrogen and oxygen atoms in total. The Kier molecular flexibility index (Phi) is 9.90. The van der Waals surface area contributed by atoms with Gasteiger partial charge < -0.3 is 4.74 Å².